The van der Waals surface area contributed by atoms with Crippen LogP contribution in [0.25, 0.3) is 17.7 Å². The number of nitrogens with zero attached hydrogens (tertiary/aromatic N) is 1. The van der Waals surface area contributed by atoms with Gasteiger partial charge in [0.15, 0.2) is 0 Å². The average Bonchev–Trinajstić information content (AvgIpc) is 2.68. The Balaban J connectivity index is 0.00000300. The van der Waals surface area contributed by atoms with Crippen LogP contribution in [0.5, 0.6) is 5.75 Å². The molecule has 3 rings (SSSR count). The lowest BCUT2D eigenvalue weighted by Crippen LogP contribution is -2.15. The molecule has 3 aromatic carbocycles. The maximum atomic E-state index is 9.95. The summed E-state index contributed by atoms with van der Waals surface area (Å²) in [4.78, 5) is 2.16. The molecular formula is C26H28ClNO. The molecule has 0 bridgehead atoms. The summed E-state index contributed by atoms with van der Waals surface area (Å²) in [7, 11) is 4.14. The molecule has 0 atom stereocenters. The second-order valence-corrected chi connectivity index (χ2v) is 7.31. The zero-order valence-corrected chi connectivity index (χ0v) is 18.0. The van der Waals surface area contributed by atoms with Gasteiger partial charge >= 0.3 is 0 Å². The van der Waals surface area contributed by atoms with Crippen LogP contribution in [0.15, 0.2) is 84.4 Å². The average molecular weight is 406 g/mol. The SMILES string of the molecule is CC(CN(C)C)=C(c1ccc(C=Cc2ccccc2)cc1)c1cccc(O)c1.Cl. The van der Waals surface area contributed by atoms with Gasteiger partial charge in [-0.3, -0.25) is 0 Å². The van der Waals surface area contributed by atoms with E-state index >= 15 is 0 Å². The van der Waals surface area contributed by atoms with E-state index in [2.05, 4.69) is 80.5 Å². The third-order valence-corrected chi connectivity index (χ3v) is 4.58. The first kappa shape index (κ1) is 22.5. The molecule has 3 aromatic rings. The molecule has 0 amide bonds. The van der Waals surface area contributed by atoms with E-state index in [1.165, 1.54) is 16.7 Å². The van der Waals surface area contributed by atoms with E-state index in [0.29, 0.717) is 0 Å². The highest BCUT2D eigenvalue weighted by Gasteiger charge is 2.10. The van der Waals surface area contributed by atoms with E-state index in [1.807, 2.05) is 30.3 Å². The molecule has 1 N–H and O–H groups in total. The molecule has 0 saturated heterocycles. The summed E-state index contributed by atoms with van der Waals surface area (Å²) < 4.78 is 0. The molecule has 0 aliphatic carbocycles. The Kier molecular flexibility index (Phi) is 8.26. The molecule has 2 nitrogen and oxygen atoms in total. The van der Waals surface area contributed by atoms with Crippen molar-refractivity contribution >= 4 is 30.1 Å². The Hall–Kier alpha value is -2.81. The smallest absolute Gasteiger partial charge is 0.116 e. The van der Waals surface area contributed by atoms with Gasteiger partial charge in [-0.15, -0.1) is 12.4 Å². The van der Waals surface area contributed by atoms with Crippen molar-refractivity contribution in [3.63, 3.8) is 0 Å². The summed E-state index contributed by atoms with van der Waals surface area (Å²) in [6.07, 6.45) is 4.25. The van der Waals surface area contributed by atoms with E-state index in [1.54, 1.807) is 6.07 Å². The van der Waals surface area contributed by atoms with Crippen LogP contribution in [-0.2, 0) is 0 Å². The molecular weight excluding hydrogens is 378 g/mol. The quantitative estimate of drug-likeness (QED) is 0.482. The summed E-state index contributed by atoms with van der Waals surface area (Å²) in [5.41, 5.74) is 6.97. The third-order valence-electron chi connectivity index (χ3n) is 4.58. The fourth-order valence-electron chi connectivity index (χ4n) is 3.39. The van der Waals surface area contributed by atoms with Gasteiger partial charge in [0.05, 0.1) is 0 Å². The lowest BCUT2D eigenvalue weighted by Gasteiger charge is -2.17. The number of hydrogen-bond donors (Lipinski definition) is 1. The molecule has 150 valence electrons. The van der Waals surface area contributed by atoms with Crippen molar-refractivity contribution in [3.05, 3.63) is 107 Å². The van der Waals surface area contributed by atoms with E-state index in [0.717, 1.165) is 23.2 Å². The third kappa shape index (κ3) is 6.35. The van der Waals surface area contributed by atoms with Crippen molar-refractivity contribution < 1.29 is 5.11 Å². The predicted octanol–water partition coefficient (Wildman–Crippen LogP) is 6.37. The van der Waals surface area contributed by atoms with Crippen molar-refractivity contribution in [2.75, 3.05) is 20.6 Å². The fourth-order valence-corrected chi connectivity index (χ4v) is 3.39. The van der Waals surface area contributed by atoms with Crippen LogP contribution >= 0.6 is 12.4 Å². The summed E-state index contributed by atoms with van der Waals surface area (Å²) in [6.45, 7) is 3.02. The van der Waals surface area contributed by atoms with Gasteiger partial charge in [-0.25, -0.2) is 0 Å². The Labute approximate surface area is 180 Å². The second-order valence-electron chi connectivity index (χ2n) is 7.31. The Bertz CT molecular complexity index is 973. The minimum atomic E-state index is 0. The highest BCUT2D eigenvalue weighted by Crippen LogP contribution is 2.29. The standard InChI is InChI=1S/C26H27NO.ClH/c1-20(19-27(2)3)26(24-10-7-11-25(28)18-24)23-16-14-22(15-17-23)13-12-21-8-5-4-6-9-21;/h4-18,28H,19H2,1-3H3;1H. The van der Waals surface area contributed by atoms with Crippen LogP contribution in [0.1, 0.15) is 29.2 Å². The van der Waals surface area contributed by atoms with Crippen LogP contribution in [0.4, 0.5) is 0 Å². The van der Waals surface area contributed by atoms with E-state index < -0.39 is 0 Å². The molecule has 0 spiro atoms. The van der Waals surface area contributed by atoms with Gasteiger partial charge in [-0.05, 0) is 61.0 Å². The van der Waals surface area contributed by atoms with Gasteiger partial charge in [-0.1, -0.05) is 84.5 Å². The van der Waals surface area contributed by atoms with Crippen molar-refractivity contribution in [1.29, 1.82) is 0 Å². The number of benzene rings is 3. The van der Waals surface area contributed by atoms with Crippen LogP contribution in [0, 0.1) is 0 Å². The first-order valence-corrected chi connectivity index (χ1v) is 9.50. The van der Waals surface area contributed by atoms with E-state index in [-0.39, 0.29) is 18.2 Å². The second kappa shape index (κ2) is 10.7. The van der Waals surface area contributed by atoms with E-state index in [4.69, 9.17) is 0 Å². The topological polar surface area (TPSA) is 23.5 Å². The van der Waals surface area contributed by atoms with E-state index in [9.17, 15) is 5.11 Å². The van der Waals surface area contributed by atoms with Crippen molar-refractivity contribution in [2.24, 2.45) is 0 Å². The summed E-state index contributed by atoms with van der Waals surface area (Å²) in [5.74, 6) is 0.287. The van der Waals surface area contributed by atoms with Gasteiger partial charge in [0.2, 0.25) is 0 Å². The molecule has 0 unspecified atom stereocenters. The maximum Gasteiger partial charge on any atom is 0.116 e. The van der Waals surface area contributed by atoms with Crippen molar-refractivity contribution in [1.82, 2.24) is 4.90 Å². The molecule has 0 fully saturated rings. The normalized spacial score (nSPS) is 12.0. The van der Waals surface area contributed by atoms with Gasteiger partial charge in [0, 0.05) is 6.54 Å². The lowest BCUT2D eigenvalue weighted by molar-refractivity contribution is 0.446. The number of rotatable bonds is 6. The van der Waals surface area contributed by atoms with Crippen molar-refractivity contribution in [3.8, 4) is 5.75 Å². The highest BCUT2D eigenvalue weighted by atomic mass is 35.5. The molecule has 3 heteroatoms. The number of phenolic OH excluding ortho intramolecular Hbond substituents is 1. The number of phenols is 1. The Morgan fingerprint density at radius 2 is 1.41 bits per heavy atom. The zero-order valence-electron chi connectivity index (χ0n) is 17.2. The first-order valence-electron chi connectivity index (χ1n) is 9.50. The minimum Gasteiger partial charge on any atom is -0.508 e. The monoisotopic (exact) mass is 405 g/mol. The molecule has 29 heavy (non-hydrogen) atoms. The lowest BCUT2D eigenvalue weighted by atomic mass is 9.92. The fraction of sp³-hybridized carbons (Fsp3) is 0.154. The molecule has 0 saturated carbocycles. The number of halogens is 1. The predicted molar refractivity (Wildman–Crippen MR) is 127 cm³/mol. The van der Waals surface area contributed by atoms with Crippen molar-refractivity contribution in [2.45, 2.75) is 6.92 Å². The number of aromatic hydroxyl groups is 1. The highest BCUT2D eigenvalue weighted by molar-refractivity contribution is 5.85. The molecule has 0 aliphatic heterocycles. The van der Waals surface area contributed by atoms with Crippen LogP contribution in [0.3, 0.4) is 0 Å². The van der Waals surface area contributed by atoms with Crippen LogP contribution in [-0.4, -0.2) is 30.6 Å². The Morgan fingerprint density at radius 3 is 2.00 bits per heavy atom. The summed E-state index contributed by atoms with van der Waals surface area (Å²) in [5, 5.41) is 9.95. The number of hydrogen-bond acceptors (Lipinski definition) is 2. The maximum absolute atomic E-state index is 9.95. The first-order chi connectivity index (χ1) is 13.5. The molecule has 0 aliphatic rings. The minimum absolute atomic E-state index is 0. The number of likely N-dealkylation sites (N-methyl/N-ethyl adjacent to an activating group) is 1. The largest absolute Gasteiger partial charge is 0.508 e. The Morgan fingerprint density at radius 1 is 0.793 bits per heavy atom. The van der Waals surface area contributed by atoms with Gasteiger partial charge in [0.25, 0.3) is 0 Å². The van der Waals surface area contributed by atoms with Crippen LogP contribution in [0.2, 0.25) is 0 Å². The molecule has 0 aromatic heterocycles. The van der Waals surface area contributed by atoms with Crippen LogP contribution < -0.4 is 0 Å². The molecule has 0 radical (unpaired) electrons. The summed E-state index contributed by atoms with van der Waals surface area (Å²) >= 11 is 0. The van der Waals surface area contributed by atoms with Gasteiger partial charge in [-0.2, -0.15) is 0 Å². The zero-order chi connectivity index (χ0) is 19.9. The summed E-state index contributed by atoms with van der Waals surface area (Å²) in [6, 6.07) is 26.4. The molecule has 0 heterocycles. The van der Waals surface area contributed by atoms with Gasteiger partial charge < -0.3 is 10.0 Å². The van der Waals surface area contributed by atoms with Gasteiger partial charge in [0.1, 0.15) is 5.75 Å².